The number of rotatable bonds is 2. The van der Waals surface area contributed by atoms with Gasteiger partial charge in [-0.2, -0.15) is 0 Å². The van der Waals surface area contributed by atoms with Gasteiger partial charge in [0, 0.05) is 5.56 Å². The van der Waals surface area contributed by atoms with Crippen molar-refractivity contribution in [1.82, 2.24) is 0 Å². The van der Waals surface area contributed by atoms with Crippen molar-refractivity contribution in [3.05, 3.63) is 28.8 Å². The molecule has 1 aromatic rings. The van der Waals surface area contributed by atoms with Crippen LogP contribution in [-0.2, 0) is 12.0 Å². The van der Waals surface area contributed by atoms with Gasteiger partial charge in [0.15, 0.2) is 0 Å². The molecule has 2 atom stereocenters. The van der Waals surface area contributed by atoms with E-state index in [0.29, 0.717) is 11.7 Å². The highest BCUT2D eigenvalue weighted by molar-refractivity contribution is 5.52. The molecule has 0 amide bonds. The molecule has 0 bridgehead atoms. The second kappa shape index (κ2) is 3.49. The number of hydrogen-bond acceptors (Lipinski definition) is 2. The van der Waals surface area contributed by atoms with Crippen LogP contribution < -0.4 is 0 Å². The third-order valence-corrected chi connectivity index (χ3v) is 4.53. The molecule has 17 heavy (non-hydrogen) atoms. The lowest BCUT2D eigenvalue weighted by Gasteiger charge is -2.22. The second-order valence-electron chi connectivity index (χ2n) is 5.94. The van der Waals surface area contributed by atoms with Crippen molar-refractivity contribution in [1.29, 1.82) is 0 Å². The Morgan fingerprint density at radius 2 is 2.06 bits per heavy atom. The first kappa shape index (κ1) is 11.1. The Balaban J connectivity index is 2.08. The first-order valence-electron chi connectivity index (χ1n) is 6.58. The van der Waals surface area contributed by atoms with Crippen LogP contribution in [-0.4, -0.2) is 10.2 Å². The van der Waals surface area contributed by atoms with E-state index in [1.54, 1.807) is 0 Å². The summed E-state index contributed by atoms with van der Waals surface area (Å²) in [6.07, 6.45) is 4.13. The molecular formula is C15H20O2. The van der Waals surface area contributed by atoms with Gasteiger partial charge in [0.25, 0.3) is 0 Å². The molecule has 2 heteroatoms. The molecule has 92 valence electrons. The van der Waals surface area contributed by atoms with Gasteiger partial charge in [-0.3, -0.25) is 0 Å². The fraction of sp³-hybridized carbons (Fsp3) is 0.600. The monoisotopic (exact) mass is 232 g/mol. The molecule has 0 heterocycles. The van der Waals surface area contributed by atoms with Gasteiger partial charge in [0.05, 0.1) is 5.60 Å². The Morgan fingerprint density at radius 1 is 1.35 bits per heavy atom. The Hall–Kier alpha value is -1.02. The van der Waals surface area contributed by atoms with Gasteiger partial charge < -0.3 is 10.2 Å². The highest BCUT2D eigenvalue weighted by atomic mass is 16.3. The summed E-state index contributed by atoms with van der Waals surface area (Å²) < 4.78 is 0. The summed E-state index contributed by atoms with van der Waals surface area (Å²) in [5.41, 5.74) is 2.06. The van der Waals surface area contributed by atoms with E-state index in [9.17, 15) is 10.2 Å². The van der Waals surface area contributed by atoms with Crippen LogP contribution in [0, 0.1) is 5.92 Å². The van der Waals surface area contributed by atoms with Crippen LogP contribution in [0.3, 0.4) is 0 Å². The maximum atomic E-state index is 10.4. The highest BCUT2D eigenvalue weighted by Crippen LogP contribution is 2.49. The van der Waals surface area contributed by atoms with Crippen LogP contribution in [0.25, 0.3) is 0 Å². The Kier molecular flexibility index (Phi) is 2.27. The standard InChI is InChI=1S/C15H20O2/c1-9(10-3-4-10)12-6-5-11-7-8-15(2,17)13(11)14(12)16/h5-6,9-10,16-17H,3-4,7-8H2,1-2H3. The van der Waals surface area contributed by atoms with E-state index in [4.69, 9.17) is 0 Å². The van der Waals surface area contributed by atoms with E-state index in [-0.39, 0.29) is 0 Å². The maximum absolute atomic E-state index is 10.4. The summed E-state index contributed by atoms with van der Waals surface area (Å²) in [5, 5.41) is 20.8. The molecule has 1 aromatic carbocycles. The largest absolute Gasteiger partial charge is 0.507 e. The van der Waals surface area contributed by atoms with E-state index in [0.717, 1.165) is 35.4 Å². The van der Waals surface area contributed by atoms with Crippen molar-refractivity contribution in [2.75, 3.05) is 0 Å². The lowest BCUT2D eigenvalue weighted by Crippen LogP contribution is -2.17. The minimum atomic E-state index is -0.849. The lowest BCUT2D eigenvalue weighted by molar-refractivity contribution is 0.0570. The van der Waals surface area contributed by atoms with Crippen LogP contribution in [0.5, 0.6) is 5.75 Å². The first-order valence-corrected chi connectivity index (χ1v) is 6.58. The highest BCUT2D eigenvalue weighted by Gasteiger charge is 2.38. The van der Waals surface area contributed by atoms with Gasteiger partial charge >= 0.3 is 0 Å². The number of phenols is 1. The minimum Gasteiger partial charge on any atom is -0.507 e. The number of hydrogen-bond donors (Lipinski definition) is 2. The summed E-state index contributed by atoms with van der Waals surface area (Å²) in [4.78, 5) is 0. The second-order valence-corrected chi connectivity index (χ2v) is 5.94. The van der Waals surface area contributed by atoms with Crippen molar-refractivity contribution in [2.45, 2.75) is 51.0 Å². The van der Waals surface area contributed by atoms with Gasteiger partial charge in [-0.1, -0.05) is 19.1 Å². The average molecular weight is 232 g/mol. The maximum Gasteiger partial charge on any atom is 0.125 e. The van der Waals surface area contributed by atoms with Crippen molar-refractivity contribution in [3.8, 4) is 5.75 Å². The van der Waals surface area contributed by atoms with Gasteiger partial charge in [-0.25, -0.2) is 0 Å². The average Bonchev–Trinajstić information content (AvgIpc) is 3.05. The summed E-state index contributed by atoms with van der Waals surface area (Å²) in [6, 6.07) is 4.14. The molecule has 3 rings (SSSR count). The van der Waals surface area contributed by atoms with Crippen molar-refractivity contribution >= 4 is 0 Å². The zero-order valence-corrected chi connectivity index (χ0v) is 10.5. The fourth-order valence-electron chi connectivity index (χ4n) is 3.18. The van der Waals surface area contributed by atoms with Gasteiger partial charge in [-0.15, -0.1) is 0 Å². The number of phenolic OH excluding ortho intramolecular Hbond substituents is 1. The van der Waals surface area contributed by atoms with E-state index in [1.165, 1.54) is 12.8 Å². The van der Waals surface area contributed by atoms with Gasteiger partial charge in [0.1, 0.15) is 5.75 Å². The van der Waals surface area contributed by atoms with E-state index in [1.807, 2.05) is 6.92 Å². The lowest BCUT2D eigenvalue weighted by atomic mass is 9.89. The van der Waals surface area contributed by atoms with Crippen LogP contribution in [0.4, 0.5) is 0 Å². The number of aliphatic hydroxyl groups is 1. The predicted octanol–water partition coefficient (Wildman–Crippen LogP) is 3.06. The van der Waals surface area contributed by atoms with E-state index >= 15 is 0 Å². The number of aryl methyl sites for hydroxylation is 1. The van der Waals surface area contributed by atoms with Crippen molar-refractivity contribution < 1.29 is 10.2 Å². The Bertz CT molecular complexity index is 458. The van der Waals surface area contributed by atoms with Crippen LogP contribution in [0.15, 0.2) is 12.1 Å². The third-order valence-electron chi connectivity index (χ3n) is 4.53. The SMILES string of the molecule is CC(c1ccc2c(c1O)C(C)(O)CC2)C1CC1. The molecule has 2 nitrogen and oxygen atoms in total. The topological polar surface area (TPSA) is 40.5 Å². The predicted molar refractivity (Wildman–Crippen MR) is 67.1 cm³/mol. The fourth-order valence-corrected chi connectivity index (χ4v) is 3.18. The molecule has 2 aliphatic rings. The number of aromatic hydroxyl groups is 1. The quantitative estimate of drug-likeness (QED) is 0.822. The summed E-state index contributed by atoms with van der Waals surface area (Å²) in [5.74, 6) is 1.49. The number of fused-ring (bicyclic) bond motifs is 1. The Morgan fingerprint density at radius 3 is 2.71 bits per heavy atom. The first-order chi connectivity index (χ1) is 8.00. The van der Waals surface area contributed by atoms with Crippen molar-refractivity contribution in [2.24, 2.45) is 5.92 Å². The minimum absolute atomic E-state index is 0.351. The zero-order valence-electron chi connectivity index (χ0n) is 10.5. The smallest absolute Gasteiger partial charge is 0.125 e. The normalized spacial score (nSPS) is 29.1. The van der Waals surface area contributed by atoms with Crippen molar-refractivity contribution in [3.63, 3.8) is 0 Å². The van der Waals surface area contributed by atoms with Crippen LogP contribution in [0.1, 0.15) is 55.7 Å². The number of benzene rings is 1. The molecule has 0 aliphatic heterocycles. The molecule has 1 saturated carbocycles. The molecule has 2 N–H and O–H groups in total. The molecule has 2 unspecified atom stereocenters. The molecule has 0 radical (unpaired) electrons. The van der Waals surface area contributed by atoms with Crippen LogP contribution >= 0.6 is 0 Å². The summed E-state index contributed by atoms with van der Waals surface area (Å²) in [7, 11) is 0. The molecule has 0 spiro atoms. The van der Waals surface area contributed by atoms with Crippen LogP contribution in [0.2, 0.25) is 0 Å². The summed E-state index contributed by atoms with van der Waals surface area (Å²) >= 11 is 0. The Labute approximate surface area is 102 Å². The third kappa shape index (κ3) is 1.66. The van der Waals surface area contributed by atoms with E-state index in [2.05, 4.69) is 19.1 Å². The molecule has 0 aromatic heterocycles. The molecule has 2 aliphatic carbocycles. The molecular weight excluding hydrogens is 212 g/mol. The summed E-state index contributed by atoms with van der Waals surface area (Å²) in [6.45, 7) is 3.99. The molecule has 0 saturated heterocycles. The van der Waals surface area contributed by atoms with E-state index < -0.39 is 5.60 Å². The zero-order chi connectivity index (χ0) is 12.2. The van der Waals surface area contributed by atoms with Gasteiger partial charge in [0.2, 0.25) is 0 Å². The molecule has 1 fully saturated rings. The van der Waals surface area contributed by atoms with Gasteiger partial charge in [-0.05, 0) is 55.6 Å².